The molecule has 28 heavy (non-hydrogen) atoms. The molecule has 0 aliphatic heterocycles. The monoisotopic (exact) mass is 399 g/mol. The molecule has 2 atom stereocenters. The van der Waals surface area contributed by atoms with E-state index >= 15 is 0 Å². The average molecular weight is 400 g/mol. The summed E-state index contributed by atoms with van der Waals surface area (Å²) < 4.78 is 2.04. The Morgan fingerprint density at radius 3 is 2.68 bits per heavy atom. The second-order valence-corrected chi connectivity index (χ2v) is 8.00. The third kappa shape index (κ3) is 5.04. The van der Waals surface area contributed by atoms with Crippen molar-refractivity contribution in [3.63, 3.8) is 0 Å². The molecule has 1 heterocycles. The Balaban J connectivity index is 1.60. The molecular weight excluding hydrogens is 374 g/mol. The number of benzene rings is 1. The number of aryl methyl sites for hydroxylation is 1. The average Bonchev–Trinajstić information content (AvgIpc) is 3.19. The molecule has 1 amide bonds. The van der Waals surface area contributed by atoms with Crippen LogP contribution in [0.5, 0.6) is 0 Å². The van der Waals surface area contributed by atoms with E-state index in [1.807, 2.05) is 35.9 Å². The molecule has 1 aliphatic rings. The predicted molar refractivity (Wildman–Crippen MR) is 111 cm³/mol. The van der Waals surface area contributed by atoms with Gasteiger partial charge in [0.05, 0.1) is 23.7 Å². The lowest BCUT2D eigenvalue weighted by atomic mass is 9.96. The van der Waals surface area contributed by atoms with Gasteiger partial charge in [0.2, 0.25) is 5.91 Å². The molecule has 0 unspecified atom stereocenters. The van der Waals surface area contributed by atoms with Gasteiger partial charge in [0.1, 0.15) is 0 Å². The zero-order valence-corrected chi connectivity index (χ0v) is 16.9. The number of allylic oxidation sites excluding steroid dienone is 1. The molecule has 3 rings (SSSR count). The second kappa shape index (κ2) is 9.10. The Hall–Kier alpha value is -2.54. The molecular formula is C21H25N3O3S. The Bertz CT molecular complexity index is 877. The lowest BCUT2D eigenvalue weighted by Gasteiger charge is -2.14. The first-order valence-corrected chi connectivity index (χ1v) is 10.4. The summed E-state index contributed by atoms with van der Waals surface area (Å²) in [5.74, 6) is -0.711. The van der Waals surface area contributed by atoms with Crippen molar-refractivity contribution in [1.82, 2.24) is 15.1 Å². The topological polar surface area (TPSA) is 84.2 Å². The molecule has 1 aromatic heterocycles. The minimum Gasteiger partial charge on any atom is -0.481 e. The molecule has 2 N–H and O–H groups in total. The minimum absolute atomic E-state index is 0.0285. The second-order valence-electron chi connectivity index (χ2n) is 7.02. The van der Waals surface area contributed by atoms with E-state index in [0.29, 0.717) is 0 Å². The van der Waals surface area contributed by atoms with Gasteiger partial charge in [0, 0.05) is 23.2 Å². The largest absolute Gasteiger partial charge is 0.481 e. The fraction of sp³-hybridized carbons (Fsp3) is 0.381. The zero-order chi connectivity index (χ0) is 20.1. The zero-order valence-electron chi connectivity index (χ0n) is 16.1. The number of carboxylic acid groups (broad SMARTS) is 1. The molecule has 0 saturated heterocycles. The first kappa shape index (κ1) is 20.2. The van der Waals surface area contributed by atoms with Gasteiger partial charge >= 0.3 is 5.97 Å². The van der Waals surface area contributed by atoms with Gasteiger partial charge in [0.25, 0.3) is 0 Å². The van der Waals surface area contributed by atoms with Crippen LogP contribution in [-0.4, -0.2) is 44.3 Å². The van der Waals surface area contributed by atoms with Crippen LogP contribution in [0.2, 0.25) is 0 Å². The summed E-state index contributed by atoms with van der Waals surface area (Å²) >= 11 is 1.11. The van der Waals surface area contributed by atoms with E-state index in [-0.39, 0.29) is 29.4 Å². The van der Waals surface area contributed by atoms with Gasteiger partial charge < -0.3 is 10.4 Å². The number of rotatable bonds is 8. The maximum atomic E-state index is 12.0. The molecule has 0 bridgehead atoms. The molecule has 0 spiro atoms. The minimum atomic E-state index is -0.905. The van der Waals surface area contributed by atoms with Crippen LogP contribution in [0.15, 0.2) is 42.5 Å². The lowest BCUT2D eigenvalue weighted by Crippen LogP contribution is -2.34. The number of aliphatic carboxylic acids is 1. The molecule has 1 aromatic carbocycles. The maximum Gasteiger partial charge on any atom is 0.313 e. The molecule has 0 fully saturated rings. The number of amides is 1. The van der Waals surface area contributed by atoms with Crippen molar-refractivity contribution in [1.29, 1.82) is 0 Å². The number of hydrogen-bond acceptors (Lipinski definition) is 4. The summed E-state index contributed by atoms with van der Waals surface area (Å²) in [6, 6.07) is 10.2. The van der Waals surface area contributed by atoms with Crippen LogP contribution in [0.3, 0.4) is 0 Å². The molecule has 2 aromatic rings. The highest BCUT2D eigenvalue weighted by atomic mass is 32.2. The van der Waals surface area contributed by atoms with Gasteiger partial charge in [-0.2, -0.15) is 5.10 Å². The number of carbonyl (C=O) groups is 2. The van der Waals surface area contributed by atoms with Crippen LogP contribution in [-0.2, 0) is 16.1 Å². The van der Waals surface area contributed by atoms with E-state index in [1.54, 1.807) is 0 Å². The summed E-state index contributed by atoms with van der Waals surface area (Å²) in [4.78, 5) is 22.5. The molecule has 6 nitrogen and oxygen atoms in total. The number of nitrogens with zero attached hydrogens (tertiary/aromatic N) is 2. The number of carbonyl (C=O) groups excluding carboxylic acids is 1. The lowest BCUT2D eigenvalue weighted by molar-refractivity contribution is -0.133. The first-order valence-electron chi connectivity index (χ1n) is 9.29. The van der Waals surface area contributed by atoms with E-state index in [0.717, 1.165) is 36.1 Å². The van der Waals surface area contributed by atoms with Gasteiger partial charge in [-0.1, -0.05) is 42.5 Å². The summed E-state index contributed by atoms with van der Waals surface area (Å²) in [6.45, 7) is 4.87. The normalized spacial score (nSPS) is 18.4. The first-order chi connectivity index (χ1) is 13.4. The number of hydrogen-bond donors (Lipinski definition) is 2. The van der Waals surface area contributed by atoms with Crippen LogP contribution in [0.25, 0.3) is 0 Å². The molecule has 148 valence electrons. The van der Waals surface area contributed by atoms with Gasteiger partial charge in [-0.25, -0.2) is 0 Å². The smallest absolute Gasteiger partial charge is 0.313 e. The highest BCUT2D eigenvalue weighted by Crippen LogP contribution is 2.33. The Morgan fingerprint density at radius 2 is 1.96 bits per heavy atom. The number of nitrogens with one attached hydrogen (secondary N) is 1. The number of aromatic nitrogens is 2. The SMILES string of the molecule is Cc1nn(Cc2ccccc2)c(C)c1[C@H]1C=C[C@@H](NC(=O)CSCC(=O)O)C1. The summed E-state index contributed by atoms with van der Waals surface area (Å²) in [5, 5.41) is 16.3. The molecule has 0 radical (unpaired) electrons. The fourth-order valence-corrected chi connectivity index (χ4v) is 4.20. The third-order valence-corrected chi connectivity index (χ3v) is 5.79. The molecule has 1 aliphatic carbocycles. The van der Waals surface area contributed by atoms with E-state index in [2.05, 4.69) is 30.4 Å². The van der Waals surface area contributed by atoms with Gasteiger partial charge in [-0.05, 0) is 25.8 Å². The van der Waals surface area contributed by atoms with Crippen molar-refractivity contribution in [2.75, 3.05) is 11.5 Å². The third-order valence-electron chi connectivity index (χ3n) is 4.87. The van der Waals surface area contributed by atoms with Crippen molar-refractivity contribution in [3.8, 4) is 0 Å². The number of carboxylic acids is 1. The van der Waals surface area contributed by atoms with Crippen molar-refractivity contribution < 1.29 is 14.7 Å². The van der Waals surface area contributed by atoms with Crippen LogP contribution in [0, 0.1) is 13.8 Å². The predicted octanol–water partition coefficient (Wildman–Crippen LogP) is 2.89. The van der Waals surface area contributed by atoms with Crippen LogP contribution in [0.4, 0.5) is 0 Å². The fourth-order valence-electron chi connectivity index (χ4n) is 3.66. The van der Waals surface area contributed by atoms with Crippen LogP contribution in [0.1, 0.15) is 34.9 Å². The van der Waals surface area contributed by atoms with Gasteiger partial charge in [-0.15, -0.1) is 11.8 Å². The van der Waals surface area contributed by atoms with Crippen molar-refractivity contribution in [3.05, 3.63) is 65.0 Å². The highest BCUT2D eigenvalue weighted by Gasteiger charge is 2.26. The summed E-state index contributed by atoms with van der Waals surface area (Å²) in [6.07, 6.45) is 4.96. The summed E-state index contributed by atoms with van der Waals surface area (Å²) in [7, 11) is 0. The summed E-state index contributed by atoms with van der Waals surface area (Å²) in [5.41, 5.74) is 4.61. The van der Waals surface area contributed by atoms with Crippen molar-refractivity contribution in [2.45, 2.75) is 38.8 Å². The van der Waals surface area contributed by atoms with E-state index in [4.69, 9.17) is 10.2 Å². The Labute approximate surface area is 169 Å². The van der Waals surface area contributed by atoms with E-state index < -0.39 is 5.97 Å². The van der Waals surface area contributed by atoms with E-state index in [1.165, 1.54) is 11.1 Å². The standard InChI is InChI=1S/C21H25N3O3S/c1-14-21(15(2)24(23-14)11-16-6-4-3-5-7-16)17-8-9-18(10-17)22-19(25)12-28-13-20(26)27/h3-9,17-18H,10-13H2,1-2H3,(H,22,25)(H,26,27)/t17-,18+/m0/s1. The quantitative estimate of drug-likeness (QED) is 0.667. The van der Waals surface area contributed by atoms with Crippen molar-refractivity contribution in [2.24, 2.45) is 0 Å². The Kier molecular flexibility index (Phi) is 6.57. The molecule has 0 saturated carbocycles. The molecule has 7 heteroatoms. The Morgan fingerprint density at radius 1 is 1.21 bits per heavy atom. The van der Waals surface area contributed by atoms with Crippen LogP contribution >= 0.6 is 11.8 Å². The van der Waals surface area contributed by atoms with Crippen LogP contribution < -0.4 is 5.32 Å². The van der Waals surface area contributed by atoms with E-state index in [9.17, 15) is 9.59 Å². The van der Waals surface area contributed by atoms with Crippen molar-refractivity contribution >= 4 is 23.6 Å². The highest BCUT2D eigenvalue weighted by molar-refractivity contribution is 8.00. The van der Waals surface area contributed by atoms with Gasteiger partial charge in [0.15, 0.2) is 0 Å². The maximum absolute atomic E-state index is 12.0. The van der Waals surface area contributed by atoms with Gasteiger partial charge in [-0.3, -0.25) is 14.3 Å². The number of thioether (sulfide) groups is 1.